The molecule has 0 unspecified atom stereocenters. The van der Waals surface area contributed by atoms with Gasteiger partial charge in [-0.05, 0) is 62.2 Å². The molecule has 8 nitrogen and oxygen atoms in total. The van der Waals surface area contributed by atoms with E-state index in [1.54, 1.807) is 24.3 Å². The highest BCUT2D eigenvalue weighted by Gasteiger charge is 2.36. The molecule has 2 heterocycles. The van der Waals surface area contributed by atoms with Gasteiger partial charge in [0, 0.05) is 11.6 Å². The van der Waals surface area contributed by atoms with Gasteiger partial charge in [-0.25, -0.2) is 4.79 Å². The number of carbonyl (C=O) groups excluding carboxylic acids is 3. The van der Waals surface area contributed by atoms with Crippen molar-refractivity contribution in [2.75, 3.05) is 18.5 Å². The summed E-state index contributed by atoms with van der Waals surface area (Å²) in [4.78, 5) is 39.1. The molecule has 0 spiro atoms. The number of halogens is 1. The quantitative estimate of drug-likeness (QED) is 0.485. The number of aryl methyl sites for hydroxylation is 1. The van der Waals surface area contributed by atoms with Gasteiger partial charge >= 0.3 is 5.97 Å². The summed E-state index contributed by atoms with van der Waals surface area (Å²) in [5, 5.41) is 3.07. The maximum atomic E-state index is 12.6. The Labute approximate surface area is 201 Å². The lowest BCUT2D eigenvalue weighted by Gasteiger charge is -2.22. The Morgan fingerprint density at radius 1 is 1.15 bits per heavy atom. The van der Waals surface area contributed by atoms with Crippen molar-refractivity contribution in [3.63, 3.8) is 0 Å². The highest BCUT2D eigenvalue weighted by Crippen LogP contribution is 2.32. The van der Waals surface area contributed by atoms with Crippen molar-refractivity contribution in [2.45, 2.75) is 25.8 Å². The highest BCUT2D eigenvalue weighted by atomic mass is 35.5. The largest absolute Gasteiger partial charge is 0.459 e. The van der Waals surface area contributed by atoms with Crippen molar-refractivity contribution >= 4 is 35.1 Å². The molecule has 4 rings (SSSR count). The van der Waals surface area contributed by atoms with Gasteiger partial charge in [-0.3, -0.25) is 9.59 Å². The van der Waals surface area contributed by atoms with Gasteiger partial charge in [-0.15, -0.1) is 0 Å². The van der Waals surface area contributed by atoms with E-state index in [1.165, 1.54) is 17.2 Å². The van der Waals surface area contributed by atoms with Crippen molar-refractivity contribution in [3.8, 4) is 11.5 Å². The monoisotopic (exact) mass is 482 g/mol. The Bertz CT molecular complexity index is 1180. The van der Waals surface area contributed by atoms with E-state index < -0.39 is 24.5 Å². The summed E-state index contributed by atoms with van der Waals surface area (Å²) in [6.45, 7) is 1.86. The van der Waals surface area contributed by atoms with Crippen LogP contribution in [0.15, 0.2) is 65.3 Å². The number of rotatable bonds is 7. The molecular formula is C25H23ClN2O6. The second kappa shape index (κ2) is 10.4. The molecule has 0 radical (unpaired) electrons. The Hall–Kier alpha value is -3.78. The molecule has 3 aromatic rings. The number of carbonyl (C=O) groups is 3. The van der Waals surface area contributed by atoms with Gasteiger partial charge in [0.2, 0.25) is 0 Å². The number of benzene rings is 2. The number of anilines is 1. The van der Waals surface area contributed by atoms with Gasteiger partial charge in [-0.2, -0.15) is 0 Å². The minimum atomic E-state index is -0.767. The third kappa shape index (κ3) is 5.58. The summed E-state index contributed by atoms with van der Waals surface area (Å²) in [7, 11) is 0. The zero-order valence-corrected chi connectivity index (χ0v) is 19.2. The lowest BCUT2D eigenvalue weighted by molar-refractivity contribution is -0.151. The number of nitrogens with one attached hydrogen (secondary N) is 1. The second-order valence-corrected chi connectivity index (χ2v) is 8.28. The van der Waals surface area contributed by atoms with Crippen LogP contribution in [-0.2, 0) is 14.3 Å². The van der Waals surface area contributed by atoms with E-state index in [1.807, 2.05) is 31.2 Å². The minimum absolute atomic E-state index is 0.152. The van der Waals surface area contributed by atoms with Crippen LogP contribution in [0.25, 0.3) is 0 Å². The molecule has 9 heteroatoms. The van der Waals surface area contributed by atoms with Crippen molar-refractivity contribution < 1.29 is 28.3 Å². The lowest BCUT2D eigenvalue weighted by Crippen LogP contribution is -2.42. The van der Waals surface area contributed by atoms with E-state index in [9.17, 15) is 14.4 Å². The second-order valence-electron chi connectivity index (χ2n) is 7.85. The topological polar surface area (TPSA) is 98.1 Å². The number of esters is 1. The van der Waals surface area contributed by atoms with Gasteiger partial charge in [0.15, 0.2) is 18.1 Å². The third-order valence-corrected chi connectivity index (χ3v) is 5.56. The van der Waals surface area contributed by atoms with E-state index in [4.69, 9.17) is 25.5 Å². The summed E-state index contributed by atoms with van der Waals surface area (Å²) in [5.74, 6) is -0.456. The van der Waals surface area contributed by atoms with Crippen molar-refractivity contribution in [1.29, 1.82) is 0 Å². The predicted molar refractivity (Wildman–Crippen MR) is 125 cm³/mol. The fourth-order valence-corrected chi connectivity index (χ4v) is 3.81. The first-order chi connectivity index (χ1) is 16.4. The molecule has 1 saturated heterocycles. The molecule has 1 N–H and O–H groups in total. The van der Waals surface area contributed by atoms with E-state index >= 15 is 0 Å². The summed E-state index contributed by atoms with van der Waals surface area (Å²) in [6, 6.07) is 14.7. The zero-order chi connectivity index (χ0) is 24.1. The first-order valence-corrected chi connectivity index (χ1v) is 11.1. The number of furan rings is 1. The molecule has 0 aliphatic carbocycles. The van der Waals surface area contributed by atoms with Gasteiger partial charge in [-0.1, -0.05) is 29.3 Å². The van der Waals surface area contributed by atoms with Gasteiger partial charge in [0.05, 0.1) is 12.0 Å². The van der Waals surface area contributed by atoms with Crippen LogP contribution in [0.4, 0.5) is 5.69 Å². The van der Waals surface area contributed by atoms with Gasteiger partial charge in [0.25, 0.3) is 11.8 Å². The van der Waals surface area contributed by atoms with Crippen molar-refractivity contribution in [3.05, 3.63) is 77.2 Å². The average Bonchev–Trinajstić information content (AvgIpc) is 3.53. The van der Waals surface area contributed by atoms with Crippen LogP contribution >= 0.6 is 11.6 Å². The van der Waals surface area contributed by atoms with Crippen LogP contribution in [0.5, 0.6) is 11.5 Å². The van der Waals surface area contributed by atoms with E-state index in [0.717, 1.165) is 5.56 Å². The molecule has 34 heavy (non-hydrogen) atoms. The van der Waals surface area contributed by atoms with Crippen LogP contribution < -0.4 is 10.1 Å². The van der Waals surface area contributed by atoms with Crippen molar-refractivity contribution in [2.24, 2.45) is 0 Å². The fourth-order valence-electron chi connectivity index (χ4n) is 3.64. The molecule has 2 aromatic carbocycles. The maximum absolute atomic E-state index is 12.6. The Morgan fingerprint density at radius 3 is 2.68 bits per heavy atom. The fraction of sp³-hybridized carbons (Fsp3) is 0.240. The molecule has 1 aliphatic rings. The molecule has 0 bridgehead atoms. The van der Waals surface area contributed by atoms with Gasteiger partial charge < -0.3 is 24.1 Å². The lowest BCUT2D eigenvalue weighted by atomic mass is 10.2. The van der Waals surface area contributed by atoms with Crippen LogP contribution in [0.1, 0.15) is 29.0 Å². The summed E-state index contributed by atoms with van der Waals surface area (Å²) in [6.07, 6.45) is 2.50. The number of ether oxygens (including phenoxy) is 2. The zero-order valence-electron chi connectivity index (χ0n) is 18.5. The number of hydrogen-bond acceptors (Lipinski definition) is 6. The SMILES string of the molecule is Cc1ccc(Oc2ccc(Cl)cc2NC(=O)COC(=O)[C@@H]2CCCN2C(=O)c2ccco2)cc1. The number of likely N-dealkylation sites (tertiary alicyclic amines) is 1. The van der Waals surface area contributed by atoms with E-state index in [2.05, 4.69) is 5.32 Å². The Balaban J connectivity index is 1.36. The molecule has 176 valence electrons. The number of amides is 2. The van der Waals surface area contributed by atoms with Crippen molar-refractivity contribution in [1.82, 2.24) is 4.90 Å². The van der Waals surface area contributed by atoms with Crippen LogP contribution in [0.2, 0.25) is 5.02 Å². The van der Waals surface area contributed by atoms with Gasteiger partial charge in [0.1, 0.15) is 11.8 Å². The molecule has 1 fully saturated rings. The minimum Gasteiger partial charge on any atom is -0.459 e. The van der Waals surface area contributed by atoms with Crippen LogP contribution in [-0.4, -0.2) is 41.9 Å². The molecule has 1 aliphatic heterocycles. The first kappa shape index (κ1) is 23.4. The standard InChI is InChI=1S/C25H23ClN2O6/c1-16-6-9-18(10-7-16)34-21-11-8-17(26)14-19(21)27-23(29)15-33-25(31)20-4-2-12-28(20)24(30)22-5-3-13-32-22/h3,5-11,13-14,20H,2,4,12,15H2,1H3,(H,27,29)/t20-/m0/s1. The van der Waals surface area contributed by atoms with Crippen LogP contribution in [0.3, 0.4) is 0 Å². The number of nitrogens with zero attached hydrogens (tertiary/aromatic N) is 1. The highest BCUT2D eigenvalue weighted by molar-refractivity contribution is 6.31. The first-order valence-electron chi connectivity index (χ1n) is 10.8. The van der Waals surface area contributed by atoms with Crippen LogP contribution in [0, 0.1) is 6.92 Å². The summed E-state index contributed by atoms with van der Waals surface area (Å²) < 4.78 is 16.2. The smallest absolute Gasteiger partial charge is 0.329 e. The Kier molecular flexibility index (Phi) is 7.18. The normalized spacial score (nSPS) is 15.1. The molecule has 1 atom stereocenters. The summed E-state index contributed by atoms with van der Waals surface area (Å²) in [5.41, 5.74) is 1.43. The molecule has 0 saturated carbocycles. The average molecular weight is 483 g/mol. The third-order valence-electron chi connectivity index (χ3n) is 5.33. The van der Waals surface area contributed by atoms with E-state index in [0.29, 0.717) is 41.6 Å². The molecular weight excluding hydrogens is 460 g/mol. The molecule has 2 amide bonds. The molecule has 1 aromatic heterocycles. The predicted octanol–water partition coefficient (Wildman–Crippen LogP) is 4.82. The number of hydrogen-bond donors (Lipinski definition) is 1. The van der Waals surface area contributed by atoms with E-state index in [-0.39, 0.29) is 11.7 Å². The summed E-state index contributed by atoms with van der Waals surface area (Å²) >= 11 is 6.09. The maximum Gasteiger partial charge on any atom is 0.329 e. The Morgan fingerprint density at radius 2 is 1.94 bits per heavy atom.